The molecule has 0 aliphatic heterocycles. The second kappa shape index (κ2) is 9.32. The lowest BCUT2D eigenvalue weighted by Crippen LogP contribution is -2.17. The molecule has 1 aromatic heterocycles. The van der Waals surface area contributed by atoms with Gasteiger partial charge in [0, 0.05) is 12.0 Å². The predicted octanol–water partition coefficient (Wildman–Crippen LogP) is 3.82. The standard InChI is InChI=1S/C22H20N2O4/c1-27-22(26)18-10-8-17(9-11-18)20-13-12-19(28-20)15-23-24-21(25)14-7-16-5-3-2-4-6-16/h2-6,8-13,15H,7,14H2,1H3,(H,24,25)/b23-15+. The summed E-state index contributed by atoms with van der Waals surface area (Å²) >= 11 is 0. The number of aryl methyl sites for hydroxylation is 1. The summed E-state index contributed by atoms with van der Waals surface area (Å²) in [5.41, 5.74) is 4.89. The number of methoxy groups -OCH3 is 1. The number of rotatable bonds is 7. The highest BCUT2D eigenvalue weighted by atomic mass is 16.5. The van der Waals surface area contributed by atoms with Gasteiger partial charge in [-0.25, -0.2) is 10.2 Å². The van der Waals surface area contributed by atoms with E-state index in [1.807, 2.05) is 30.3 Å². The van der Waals surface area contributed by atoms with Crippen molar-refractivity contribution in [3.8, 4) is 11.3 Å². The van der Waals surface area contributed by atoms with Crippen LogP contribution in [0.3, 0.4) is 0 Å². The molecule has 0 spiro atoms. The highest BCUT2D eigenvalue weighted by Crippen LogP contribution is 2.22. The van der Waals surface area contributed by atoms with Gasteiger partial charge in [-0.15, -0.1) is 0 Å². The first kappa shape index (κ1) is 19.1. The molecule has 142 valence electrons. The molecule has 6 nitrogen and oxygen atoms in total. The van der Waals surface area contributed by atoms with Crippen LogP contribution in [-0.2, 0) is 16.0 Å². The first-order valence-electron chi connectivity index (χ1n) is 8.80. The number of furan rings is 1. The summed E-state index contributed by atoms with van der Waals surface area (Å²) in [6, 6.07) is 20.3. The molecule has 0 aliphatic rings. The van der Waals surface area contributed by atoms with Crippen LogP contribution in [0.1, 0.15) is 28.1 Å². The number of carbonyl (C=O) groups is 2. The molecular weight excluding hydrogens is 356 g/mol. The number of carbonyl (C=O) groups excluding carboxylic acids is 2. The van der Waals surface area contributed by atoms with E-state index in [0.29, 0.717) is 29.9 Å². The normalized spacial score (nSPS) is 10.8. The summed E-state index contributed by atoms with van der Waals surface area (Å²) in [6.45, 7) is 0. The van der Waals surface area contributed by atoms with Crippen LogP contribution in [0.15, 0.2) is 76.2 Å². The Morgan fingerprint density at radius 3 is 2.50 bits per heavy atom. The Kier molecular flexibility index (Phi) is 6.36. The van der Waals surface area contributed by atoms with Gasteiger partial charge in [0.05, 0.1) is 18.9 Å². The third-order valence-electron chi connectivity index (χ3n) is 4.08. The fraction of sp³-hybridized carbons (Fsp3) is 0.136. The largest absolute Gasteiger partial charge is 0.465 e. The number of hydrogen-bond acceptors (Lipinski definition) is 5. The van der Waals surface area contributed by atoms with Gasteiger partial charge >= 0.3 is 5.97 Å². The van der Waals surface area contributed by atoms with Gasteiger partial charge < -0.3 is 9.15 Å². The lowest BCUT2D eigenvalue weighted by atomic mass is 10.1. The van der Waals surface area contributed by atoms with Crippen LogP contribution < -0.4 is 5.43 Å². The van der Waals surface area contributed by atoms with E-state index in [1.54, 1.807) is 36.4 Å². The summed E-state index contributed by atoms with van der Waals surface area (Å²) in [6.07, 6.45) is 2.47. The Labute approximate surface area is 162 Å². The average Bonchev–Trinajstić information content (AvgIpc) is 3.21. The molecule has 1 N–H and O–H groups in total. The number of nitrogens with one attached hydrogen (secondary N) is 1. The minimum atomic E-state index is -0.387. The minimum absolute atomic E-state index is 0.162. The third-order valence-corrected chi connectivity index (χ3v) is 4.08. The maximum atomic E-state index is 11.9. The zero-order valence-corrected chi connectivity index (χ0v) is 15.4. The molecule has 2 aromatic carbocycles. The summed E-state index contributed by atoms with van der Waals surface area (Å²) in [7, 11) is 1.34. The molecule has 0 radical (unpaired) electrons. The van der Waals surface area contributed by atoms with Crippen molar-refractivity contribution >= 4 is 18.1 Å². The zero-order chi connectivity index (χ0) is 19.8. The molecule has 1 amide bonds. The van der Waals surface area contributed by atoms with Gasteiger partial charge in [0.1, 0.15) is 11.5 Å². The van der Waals surface area contributed by atoms with Crippen LogP contribution in [-0.4, -0.2) is 25.2 Å². The van der Waals surface area contributed by atoms with Gasteiger partial charge in [-0.3, -0.25) is 4.79 Å². The Morgan fingerprint density at radius 1 is 1.04 bits per heavy atom. The zero-order valence-electron chi connectivity index (χ0n) is 15.4. The molecule has 6 heteroatoms. The molecule has 3 aromatic rings. The van der Waals surface area contributed by atoms with E-state index in [9.17, 15) is 9.59 Å². The van der Waals surface area contributed by atoms with Crippen LogP contribution in [0.4, 0.5) is 0 Å². The molecule has 0 saturated carbocycles. The second-order valence-corrected chi connectivity index (χ2v) is 6.05. The maximum absolute atomic E-state index is 11.9. The van der Waals surface area contributed by atoms with E-state index in [4.69, 9.17) is 4.42 Å². The smallest absolute Gasteiger partial charge is 0.337 e. The van der Waals surface area contributed by atoms with Crippen molar-refractivity contribution in [2.24, 2.45) is 5.10 Å². The highest BCUT2D eigenvalue weighted by molar-refractivity contribution is 5.90. The number of hydrazone groups is 1. The van der Waals surface area contributed by atoms with Gasteiger partial charge in [0.15, 0.2) is 0 Å². The van der Waals surface area contributed by atoms with Crippen molar-refractivity contribution in [3.05, 3.63) is 83.6 Å². The van der Waals surface area contributed by atoms with Gasteiger partial charge in [-0.05, 0) is 36.2 Å². The Morgan fingerprint density at radius 2 is 1.79 bits per heavy atom. The van der Waals surface area contributed by atoms with E-state index in [2.05, 4.69) is 15.3 Å². The van der Waals surface area contributed by atoms with Gasteiger partial charge in [0.2, 0.25) is 5.91 Å². The third kappa shape index (κ3) is 5.17. The number of ether oxygens (including phenoxy) is 1. The summed E-state index contributed by atoms with van der Waals surface area (Å²) in [5, 5.41) is 3.93. The van der Waals surface area contributed by atoms with Crippen LogP contribution in [0, 0.1) is 0 Å². The molecule has 0 fully saturated rings. The first-order valence-corrected chi connectivity index (χ1v) is 8.80. The van der Waals surface area contributed by atoms with Crippen molar-refractivity contribution < 1.29 is 18.7 Å². The molecule has 28 heavy (non-hydrogen) atoms. The highest BCUT2D eigenvalue weighted by Gasteiger charge is 2.08. The topological polar surface area (TPSA) is 80.9 Å². The van der Waals surface area contributed by atoms with E-state index < -0.39 is 0 Å². The quantitative estimate of drug-likeness (QED) is 0.386. The van der Waals surface area contributed by atoms with Crippen LogP contribution >= 0.6 is 0 Å². The van der Waals surface area contributed by atoms with Gasteiger partial charge in [-0.1, -0.05) is 42.5 Å². The lowest BCUT2D eigenvalue weighted by molar-refractivity contribution is -0.121. The fourth-order valence-corrected chi connectivity index (χ4v) is 2.59. The van der Waals surface area contributed by atoms with Crippen molar-refractivity contribution in [2.45, 2.75) is 12.8 Å². The van der Waals surface area contributed by atoms with Crippen LogP contribution in [0.5, 0.6) is 0 Å². The number of nitrogens with zero attached hydrogens (tertiary/aromatic N) is 1. The Balaban J connectivity index is 1.52. The average molecular weight is 376 g/mol. The second-order valence-electron chi connectivity index (χ2n) is 6.05. The maximum Gasteiger partial charge on any atom is 0.337 e. The van der Waals surface area contributed by atoms with E-state index in [1.165, 1.54) is 13.3 Å². The SMILES string of the molecule is COC(=O)c1ccc(-c2ccc(/C=N/NC(=O)CCc3ccccc3)o2)cc1. The van der Waals surface area contributed by atoms with Crippen LogP contribution in [0.2, 0.25) is 0 Å². The number of hydrogen-bond donors (Lipinski definition) is 1. The molecule has 3 rings (SSSR count). The summed E-state index contributed by atoms with van der Waals surface area (Å²) in [4.78, 5) is 23.3. The van der Waals surface area contributed by atoms with Crippen LogP contribution in [0.25, 0.3) is 11.3 Å². The minimum Gasteiger partial charge on any atom is -0.465 e. The van der Waals surface area contributed by atoms with Crippen molar-refractivity contribution in [2.75, 3.05) is 7.11 Å². The fourth-order valence-electron chi connectivity index (χ4n) is 2.59. The molecule has 0 saturated heterocycles. The molecule has 0 bridgehead atoms. The van der Waals surface area contributed by atoms with Crippen molar-refractivity contribution in [1.82, 2.24) is 5.43 Å². The Hall–Kier alpha value is -3.67. The predicted molar refractivity (Wildman–Crippen MR) is 106 cm³/mol. The molecule has 0 aliphatic carbocycles. The van der Waals surface area contributed by atoms with E-state index >= 15 is 0 Å². The van der Waals surface area contributed by atoms with Gasteiger partial charge in [0.25, 0.3) is 0 Å². The van der Waals surface area contributed by atoms with Gasteiger partial charge in [-0.2, -0.15) is 5.10 Å². The van der Waals surface area contributed by atoms with E-state index in [-0.39, 0.29) is 11.9 Å². The molecule has 1 heterocycles. The summed E-state index contributed by atoms with van der Waals surface area (Å²) in [5.74, 6) is 0.593. The van der Waals surface area contributed by atoms with E-state index in [0.717, 1.165) is 11.1 Å². The molecule has 0 unspecified atom stereocenters. The first-order chi connectivity index (χ1) is 13.7. The monoisotopic (exact) mass is 376 g/mol. The van der Waals surface area contributed by atoms with Crippen molar-refractivity contribution in [1.29, 1.82) is 0 Å². The molecular formula is C22H20N2O4. The molecule has 0 atom stereocenters. The number of esters is 1. The summed E-state index contributed by atoms with van der Waals surface area (Å²) < 4.78 is 10.4. The number of benzene rings is 2. The number of amides is 1. The van der Waals surface area contributed by atoms with Crippen molar-refractivity contribution in [3.63, 3.8) is 0 Å². The Bertz CT molecular complexity index is 960. The lowest BCUT2D eigenvalue weighted by Gasteiger charge is -2.01.